The molecule has 0 radical (unpaired) electrons. The molecule has 0 saturated carbocycles. The van der Waals surface area contributed by atoms with Crippen LogP contribution < -0.4 is 5.73 Å². The molecule has 1 saturated heterocycles. The Hall–Kier alpha value is -0.270. The number of nitrogens with zero attached hydrogens (tertiary/aromatic N) is 1. The average molecular weight is 214 g/mol. The lowest BCUT2D eigenvalue weighted by atomic mass is 10.3. The van der Waals surface area contributed by atoms with Crippen LogP contribution in [0.5, 0.6) is 0 Å². The molecule has 1 rings (SSSR count). The first kappa shape index (κ1) is 10.8. The molecular formula is C6H12F2N2O2S. The van der Waals surface area contributed by atoms with Crippen molar-refractivity contribution < 1.29 is 17.2 Å². The summed E-state index contributed by atoms with van der Waals surface area (Å²) in [5.41, 5.74) is 4.80. The third-order valence-electron chi connectivity index (χ3n) is 1.91. The Balaban J connectivity index is 2.65. The van der Waals surface area contributed by atoms with Gasteiger partial charge in [0.25, 0.3) is 5.92 Å². The monoisotopic (exact) mass is 214 g/mol. The summed E-state index contributed by atoms with van der Waals surface area (Å²) in [6, 6.07) is 0. The number of hydrogen-bond donors (Lipinski definition) is 1. The van der Waals surface area contributed by atoms with Gasteiger partial charge in [-0.1, -0.05) is 0 Å². The summed E-state index contributed by atoms with van der Waals surface area (Å²) in [7, 11) is -3.43. The van der Waals surface area contributed by atoms with Gasteiger partial charge in [0.1, 0.15) is 0 Å². The van der Waals surface area contributed by atoms with E-state index in [1.165, 1.54) is 0 Å². The zero-order chi connectivity index (χ0) is 10.1. The second kappa shape index (κ2) is 3.47. The number of alkyl halides is 2. The zero-order valence-electron chi connectivity index (χ0n) is 7.04. The Morgan fingerprint density at radius 2 is 2.08 bits per heavy atom. The second-order valence-electron chi connectivity index (χ2n) is 3.06. The van der Waals surface area contributed by atoms with Gasteiger partial charge in [0.2, 0.25) is 10.0 Å². The highest BCUT2D eigenvalue weighted by molar-refractivity contribution is 7.89. The van der Waals surface area contributed by atoms with Crippen molar-refractivity contribution in [1.82, 2.24) is 4.31 Å². The first-order valence-corrected chi connectivity index (χ1v) is 5.54. The largest absolute Gasteiger partial charge is 0.325 e. The van der Waals surface area contributed by atoms with Crippen molar-refractivity contribution in [2.24, 2.45) is 5.73 Å². The summed E-state index contributed by atoms with van der Waals surface area (Å²) < 4.78 is 48.5. The zero-order valence-corrected chi connectivity index (χ0v) is 7.86. The first-order chi connectivity index (χ1) is 5.87. The van der Waals surface area contributed by atoms with Crippen molar-refractivity contribution in [3.05, 3.63) is 0 Å². The molecule has 4 nitrogen and oxygen atoms in total. The molecule has 0 amide bonds. The summed E-state index contributed by atoms with van der Waals surface area (Å²) in [6.07, 6.45) is 0.420. The molecule has 2 N–H and O–H groups in total. The van der Waals surface area contributed by atoms with E-state index >= 15 is 0 Å². The van der Waals surface area contributed by atoms with E-state index in [-0.39, 0.29) is 12.3 Å². The Labute approximate surface area is 75.7 Å². The fraction of sp³-hybridized carbons (Fsp3) is 1.00. The van der Waals surface area contributed by atoms with Gasteiger partial charge < -0.3 is 5.73 Å². The third kappa shape index (κ3) is 2.58. The SMILES string of the molecule is NCC(F)(F)CN1CCCS1(=O)=O. The van der Waals surface area contributed by atoms with Crippen molar-refractivity contribution in [1.29, 1.82) is 0 Å². The normalized spacial score (nSPS) is 23.6. The van der Waals surface area contributed by atoms with Crippen LogP contribution in [-0.2, 0) is 10.0 Å². The predicted octanol–water partition coefficient (Wildman–Crippen LogP) is -0.384. The van der Waals surface area contributed by atoms with Gasteiger partial charge in [-0.15, -0.1) is 0 Å². The Morgan fingerprint density at radius 3 is 2.46 bits per heavy atom. The van der Waals surface area contributed by atoms with E-state index in [2.05, 4.69) is 0 Å². The Kier molecular flexibility index (Phi) is 2.88. The molecule has 0 aromatic rings. The summed E-state index contributed by atoms with van der Waals surface area (Å²) in [5, 5.41) is 0. The van der Waals surface area contributed by atoms with Crippen LogP contribution in [0.4, 0.5) is 8.78 Å². The van der Waals surface area contributed by atoms with E-state index in [1.807, 2.05) is 0 Å². The van der Waals surface area contributed by atoms with Crippen molar-refractivity contribution >= 4 is 10.0 Å². The molecule has 0 bridgehead atoms. The van der Waals surface area contributed by atoms with Crippen molar-refractivity contribution in [3.63, 3.8) is 0 Å². The Morgan fingerprint density at radius 1 is 1.46 bits per heavy atom. The van der Waals surface area contributed by atoms with Crippen molar-refractivity contribution in [2.75, 3.05) is 25.4 Å². The lowest BCUT2D eigenvalue weighted by Gasteiger charge is -2.20. The second-order valence-corrected chi connectivity index (χ2v) is 5.15. The minimum Gasteiger partial charge on any atom is -0.325 e. The Bertz CT molecular complexity index is 278. The van der Waals surface area contributed by atoms with Gasteiger partial charge in [0.15, 0.2) is 0 Å². The molecule has 1 fully saturated rings. The molecule has 0 aromatic heterocycles. The number of sulfonamides is 1. The molecule has 1 heterocycles. The number of rotatable bonds is 3. The average Bonchev–Trinajstić information content (AvgIpc) is 2.31. The van der Waals surface area contributed by atoms with Gasteiger partial charge in [0, 0.05) is 6.54 Å². The van der Waals surface area contributed by atoms with Crippen LogP contribution in [0.25, 0.3) is 0 Å². The molecule has 0 spiro atoms. The van der Waals surface area contributed by atoms with Crippen LogP contribution in [-0.4, -0.2) is 44.0 Å². The highest BCUT2D eigenvalue weighted by Crippen LogP contribution is 2.20. The van der Waals surface area contributed by atoms with Gasteiger partial charge >= 0.3 is 0 Å². The van der Waals surface area contributed by atoms with Gasteiger partial charge in [-0.25, -0.2) is 17.2 Å². The molecule has 0 unspecified atom stereocenters. The molecule has 0 aliphatic carbocycles. The molecular weight excluding hydrogens is 202 g/mol. The van der Waals surface area contributed by atoms with E-state index in [0.29, 0.717) is 6.42 Å². The summed E-state index contributed by atoms with van der Waals surface area (Å²) >= 11 is 0. The van der Waals surface area contributed by atoms with Gasteiger partial charge in [0.05, 0.1) is 18.8 Å². The van der Waals surface area contributed by atoms with Gasteiger partial charge in [-0.2, -0.15) is 4.31 Å². The maximum atomic E-state index is 12.7. The fourth-order valence-corrected chi connectivity index (χ4v) is 2.74. The maximum absolute atomic E-state index is 12.7. The highest BCUT2D eigenvalue weighted by atomic mass is 32.2. The van der Waals surface area contributed by atoms with Crippen molar-refractivity contribution in [3.8, 4) is 0 Å². The summed E-state index contributed by atoms with van der Waals surface area (Å²) in [5.74, 6) is -3.15. The van der Waals surface area contributed by atoms with Crippen LogP contribution in [0.3, 0.4) is 0 Å². The standard InChI is InChI=1S/C6H12F2N2O2S/c7-6(8,4-9)5-10-2-1-3-13(10,11)12/h1-5,9H2. The smallest absolute Gasteiger partial charge is 0.273 e. The number of nitrogens with two attached hydrogens (primary N) is 1. The van der Waals surface area contributed by atoms with E-state index < -0.39 is 29.0 Å². The van der Waals surface area contributed by atoms with E-state index in [4.69, 9.17) is 5.73 Å². The molecule has 1 aliphatic heterocycles. The van der Waals surface area contributed by atoms with E-state index in [1.54, 1.807) is 0 Å². The minimum absolute atomic E-state index is 0.0341. The maximum Gasteiger partial charge on any atom is 0.273 e. The molecule has 7 heteroatoms. The van der Waals surface area contributed by atoms with Crippen LogP contribution in [0.2, 0.25) is 0 Å². The fourth-order valence-electron chi connectivity index (χ4n) is 1.19. The van der Waals surface area contributed by atoms with Gasteiger partial charge in [-0.05, 0) is 6.42 Å². The van der Waals surface area contributed by atoms with Crippen molar-refractivity contribution in [2.45, 2.75) is 12.3 Å². The minimum atomic E-state index is -3.43. The summed E-state index contributed by atoms with van der Waals surface area (Å²) in [6.45, 7) is -1.43. The van der Waals surface area contributed by atoms with E-state index in [9.17, 15) is 17.2 Å². The summed E-state index contributed by atoms with van der Waals surface area (Å²) in [4.78, 5) is 0. The topological polar surface area (TPSA) is 63.4 Å². The van der Waals surface area contributed by atoms with E-state index in [0.717, 1.165) is 4.31 Å². The molecule has 0 atom stereocenters. The molecule has 78 valence electrons. The number of hydrogen-bond acceptors (Lipinski definition) is 3. The predicted molar refractivity (Wildman–Crippen MR) is 44.0 cm³/mol. The van der Waals surface area contributed by atoms with Crippen LogP contribution in [0.1, 0.15) is 6.42 Å². The number of halogens is 2. The third-order valence-corrected chi connectivity index (χ3v) is 3.81. The quantitative estimate of drug-likeness (QED) is 0.696. The lowest BCUT2D eigenvalue weighted by Crippen LogP contribution is -2.42. The van der Waals surface area contributed by atoms with Gasteiger partial charge in [-0.3, -0.25) is 0 Å². The lowest BCUT2D eigenvalue weighted by molar-refractivity contribution is -0.00436. The highest BCUT2D eigenvalue weighted by Gasteiger charge is 2.37. The molecule has 1 aliphatic rings. The molecule has 13 heavy (non-hydrogen) atoms. The van der Waals surface area contributed by atoms with Crippen LogP contribution in [0, 0.1) is 0 Å². The first-order valence-electron chi connectivity index (χ1n) is 3.93. The molecule has 0 aromatic carbocycles. The van der Waals surface area contributed by atoms with Crippen LogP contribution >= 0.6 is 0 Å². The van der Waals surface area contributed by atoms with Crippen LogP contribution in [0.15, 0.2) is 0 Å².